The molecule has 5 heteroatoms. The van der Waals surface area contributed by atoms with Crippen LogP contribution in [0.5, 0.6) is 0 Å². The zero-order chi connectivity index (χ0) is 15.0. The molecular formula is C16H18N4O. The number of benzene rings is 1. The monoisotopic (exact) mass is 282 g/mol. The van der Waals surface area contributed by atoms with E-state index in [0.717, 1.165) is 28.4 Å². The predicted octanol–water partition coefficient (Wildman–Crippen LogP) is 2.56. The number of anilines is 1. The Labute approximate surface area is 123 Å². The van der Waals surface area contributed by atoms with Crippen LogP contribution in [0.1, 0.15) is 36.8 Å². The van der Waals surface area contributed by atoms with E-state index in [-0.39, 0.29) is 18.5 Å². The minimum atomic E-state index is -0.103. The summed E-state index contributed by atoms with van der Waals surface area (Å²) in [7, 11) is 0. The van der Waals surface area contributed by atoms with Gasteiger partial charge in [0.25, 0.3) is 0 Å². The van der Waals surface area contributed by atoms with Crippen molar-refractivity contribution in [3.8, 4) is 0 Å². The molecular weight excluding hydrogens is 264 g/mol. The van der Waals surface area contributed by atoms with Gasteiger partial charge in [0.2, 0.25) is 5.91 Å². The SMILES string of the molecule is Cc1nn(C(C)C)c2c1NC(=O)CN=C2c1ccccc1. The highest BCUT2D eigenvalue weighted by molar-refractivity contribution is 6.18. The molecule has 0 atom stereocenters. The Kier molecular flexibility index (Phi) is 3.33. The van der Waals surface area contributed by atoms with Gasteiger partial charge in [0.15, 0.2) is 0 Å². The number of hydrogen-bond acceptors (Lipinski definition) is 3. The molecule has 3 rings (SSSR count). The van der Waals surface area contributed by atoms with Crippen LogP contribution in [0.4, 0.5) is 5.69 Å². The zero-order valence-corrected chi connectivity index (χ0v) is 12.4. The van der Waals surface area contributed by atoms with Gasteiger partial charge in [0.1, 0.15) is 12.2 Å². The number of hydrogen-bond donors (Lipinski definition) is 1. The Bertz CT molecular complexity index is 713. The number of nitrogens with zero attached hydrogens (tertiary/aromatic N) is 3. The molecule has 2 aromatic rings. The van der Waals surface area contributed by atoms with Crippen LogP contribution in [0.15, 0.2) is 35.3 Å². The number of fused-ring (bicyclic) bond motifs is 1. The first-order chi connectivity index (χ1) is 10.1. The predicted molar refractivity (Wildman–Crippen MR) is 82.9 cm³/mol. The molecule has 0 fully saturated rings. The van der Waals surface area contributed by atoms with E-state index in [1.807, 2.05) is 41.9 Å². The molecule has 108 valence electrons. The van der Waals surface area contributed by atoms with E-state index in [1.165, 1.54) is 0 Å². The summed E-state index contributed by atoms with van der Waals surface area (Å²) in [5.41, 5.74) is 4.29. The number of carbonyl (C=O) groups excluding carboxylic acids is 1. The largest absolute Gasteiger partial charge is 0.321 e. The second-order valence-corrected chi connectivity index (χ2v) is 5.43. The van der Waals surface area contributed by atoms with Crippen LogP contribution in [0.2, 0.25) is 0 Å². The topological polar surface area (TPSA) is 59.3 Å². The van der Waals surface area contributed by atoms with Gasteiger partial charge in [-0.3, -0.25) is 14.5 Å². The zero-order valence-electron chi connectivity index (χ0n) is 12.4. The van der Waals surface area contributed by atoms with Crippen molar-refractivity contribution in [3.63, 3.8) is 0 Å². The Morgan fingerprint density at radius 2 is 1.95 bits per heavy atom. The first kappa shape index (κ1) is 13.5. The van der Waals surface area contributed by atoms with E-state index >= 15 is 0 Å². The average Bonchev–Trinajstić information content (AvgIpc) is 2.68. The van der Waals surface area contributed by atoms with E-state index in [0.29, 0.717) is 0 Å². The molecule has 1 amide bonds. The molecule has 1 aromatic carbocycles. The van der Waals surface area contributed by atoms with Gasteiger partial charge in [-0.25, -0.2) is 0 Å². The van der Waals surface area contributed by atoms with Crippen molar-refractivity contribution in [2.24, 2.45) is 4.99 Å². The fraction of sp³-hybridized carbons (Fsp3) is 0.312. The van der Waals surface area contributed by atoms with E-state index < -0.39 is 0 Å². The van der Waals surface area contributed by atoms with Crippen molar-refractivity contribution >= 4 is 17.3 Å². The normalized spacial score (nSPS) is 14.5. The molecule has 0 spiro atoms. The molecule has 0 saturated heterocycles. The number of rotatable bonds is 2. The van der Waals surface area contributed by atoms with Crippen LogP contribution in [0.3, 0.4) is 0 Å². The van der Waals surface area contributed by atoms with Crippen molar-refractivity contribution < 1.29 is 4.79 Å². The minimum Gasteiger partial charge on any atom is -0.321 e. The van der Waals surface area contributed by atoms with Crippen LogP contribution in [-0.4, -0.2) is 27.9 Å². The van der Waals surface area contributed by atoms with Gasteiger partial charge in [0, 0.05) is 11.6 Å². The Morgan fingerprint density at radius 1 is 1.24 bits per heavy atom. The van der Waals surface area contributed by atoms with Crippen LogP contribution < -0.4 is 5.32 Å². The summed E-state index contributed by atoms with van der Waals surface area (Å²) in [5, 5.41) is 7.49. The van der Waals surface area contributed by atoms with Crippen LogP contribution in [0.25, 0.3) is 0 Å². The summed E-state index contributed by atoms with van der Waals surface area (Å²) in [6, 6.07) is 10.1. The standard InChI is InChI=1S/C16H18N4O/c1-10(2)20-16-14(11(3)19-20)18-13(21)9-17-15(16)12-7-5-4-6-8-12/h4-8,10H,9H2,1-3H3,(H,18,21). The summed E-state index contributed by atoms with van der Waals surface area (Å²) < 4.78 is 1.93. The van der Waals surface area contributed by atoms with Crippen molar-refractivity contribution in [1.82, 2.24) is 9.78 Å². The Hall–Kier alpha value is -2.43. The molecule has 5 nitrogen and oxygen atoms in total. The quantitative estimate of drug-likeness (QED) is 0.920. The molecule has 0 radical (unpaired) electrons. The highest BCUT2D eigenvalue weighted by Crippen LogP contribution is 2.28. The number of amides is 1. The van der Waals surface area contributed by atoms with E-state index in [4.69, 9.17) is 0 Å². The van der Waals surface area contributed by atoms with Crippen LogP contribution >= 0.6 is 0 Å². The smallest absolute Gasteiger partial charge is 0.246 e. The number of aromatic nitrogens is 2. The van der Waals surface area contributed by atoms with Crippen LogP contribution in [0, 0.1) is 6.92 Å². The highest BCUT2D eigenvalue weighted by atomic mass is 16.1. The van der Waals surface area contributed by atoms with E-state index in [1.54, 1.807) is 0 Å². The lowest BCUT2D eigenvalue weighted by Crippen LogP contribution is -2.15. The highest BCUT2D eigenvalue weighted by Gasteiger charge is 2.26. The molecule has 0 bridgehead atoms. The molecule has 0 saturated carbocycles. The lowest BCUT2D eigenvalue weighted by molar-refractivity contribution is -0.114. The maximum absolute atomic E-state index is 11.9. The molecule has 1 aliphatic heterocycles. The third-order valence-electron chi connectivity index (χ3n) is 3.49. The third-order valence-corrected chi connectivity index (χ3v) is 3.49. The van der Waals surface area contributed by atoms with E-state index in [2.05, 4.69) is 29.3 Å². The van der Waals surface area contributed by atoms with E-state index in [9.17, 15) is 4.79 Å². The second-order valence-electron chi connectivity index (χ2n) is 5.43. The average molecular weight is 282 g/mol. The molecule has 1 aliphatic rings. The van der Waals surface area contributed by atoms with Crippen LogP contribution in [-0.2, 0) is 4.79 Å². The molecule has 0 unspecified atom stereocenters. The lowest BCUT2D eigenvalue weighted by atomic mass is 10.1. The van der Waals surface area contributed by atoms with Crippen molar-refractivity contribution in [2.75, 3.05) is 11.9 Å². The summed E-state index contributed by atoms with van der Waals surface area (Å²) in [6.07, 6.45) is 0. The maximum Gasteiger partial charge on any atom is 0.246 e. The Balaban J connectivity index is 2.26. The summed E-state index contributed by atoms with van der Waals surface area (Å²) in [5.74, 6) is -0.103. The van der Waals surface area contributed by atoms with Gasteiger partial charge < -0.3 is 5.32 Å². The molecule has 21 heavy (non-hydrogen) atoms. The fourth-order valence-electron chi connectivity index (χ4n) is 2.53. The molecule has 1 aromatic heterocycles. The summed E-state index contributed by atoms with van der Waals surface area (Å²) in [4.78, 5) is 16.4. The lowest BCUT2D eigenvalue weighted by Gasteiger charge is -2.13. The fourth-order valence-corrected chi connectivity index (χ4v) is 2.53. The Morgan fingerprint density at radius 3 is 2.62 bits per heavy atom. The first-order valence-corrected chi connectivity index (χ1v) is 7.07. The van der Waals surface area contributed by atoms with Gasteiger partial charge in [0.05, 0.1) is 17.1 Å². The minimum absolute atomic E-state index is 0.103. The van der Waals surface area contributed by atoms with Gasteiger partial charge in [-0.1, -0.05) is 30.3 Å². The molecule has 1 N–H and O–H groups in total. The molecule has 2 heterocycles. The maximum atomic E-state index is 11.9. The van der Waals surface area contributed by atoms with Gasteiger partial charge >= 0.3 is 0 Å². The van der Waals surface area contributed by atoms with Crippen molar-refractivity contribution in [3.05, 3.63) is 47.3 Å². The van der Waals surface area contributed by atoms with Crippen molar-refractivity contribution in [1.29, 1.82) is 0 Å². The van der Waals surface area contributed by atoms with Gasteiger partial charge in [-0.05, 0) is 20.8 Å². The second kappa shape index (κ2) is 5.16. The number of nitrogens with one attached hydrogen (secondary N) is 1. The van der Waals surface area contributed by atoms with Crippen molar-refractivity contribution in [2.45, 2.75) is 26.8 Å². The van der Waals surface area contributed by atoms with Gasteiger partial charge in [-0.15, -0.1) is 0 Å². The number of carbonyl (C=O) groups is 1. The summed E-state index contributed by atoms with van der Waals surface area (Å²) in [6.45, 7) is 6.19. The third kappa shape index (κ3) is 2.35. The molecule has 0 aliphatic carbocycles. The number of aliphatic imine (C=N–C) groups is 1. The first-order valence-electron chi connectivity index (χ1n) is 7.07. The van der Waals surface area contributed by atoms with Gasteiger partial charge in [-0.2, -0.15) is 5.10 Å². The summed E-state index contributed by atoms with van der Waals surface area (Å²) >= 11 is 0. The number of aryl methyl sites for hydroxylation is 1.